The van der Waals surface area contributed by atoms with Crippen molar-refractivity contribution in [3.05, 3.63) is 0 Å². The zero-order chi connectivity index (χ0) is 16.2. The number of amides is 1. The summed E-state index contributed by atoms with van der Waals surface area (Å²) in [6, 6.07) is 0.0922. The minimum absolute atomic E-state index is 0.0599. The molecule has 1 N–H and O–H groups in total. The van der Waals surface area contributed by atoms with Crippen LogP contribution < -0.4 is 0 Å². The summed E-state index contributed by atoms with van der Waals surface area (Å²) in [5.41, 5.74) is 0. The van der Waals surface area contributed by atoms with Crippen LogP contribution in [-0.4, -0.2) is 85.6 Å². The van der Waals surface area contributed by atoms with Crippen molar-refractivity contribution in [2.75, 3.05) is 46.6 Å². The minimum atomic E-state index is -0.462. The third-order valence-electron chi connectivity index (χ3n) is 5.72. The van der Waals surface area contributed by atoms with Crippen LogP contribution in [0.15, 0.2) is 0 Å². The molecular weight excluding hydrogens is 296 g/mol. The molecule has 3 rings (SSSR count). The van der Waals surface area contributed by atoms with Crippen molar-refractivity contribution in [1.29, 1.82) is 0 Å². The molecule has 1 aliphatic carbocycles. The van der Waals surface area contributed by atoms with Crippen LogP contribution in [0.25, 0.3) is 0 Å². The molecule has 0 radical (unpaired) electrons. The molecule has 0 aromatic rings. The largest absolute Gasteiger partial charge is 0.389 e. The fourth-order valence-electron chi connectivity index (χ4n) is 4.26. The molecule has 6 nitrogen and oxygen atoms in total. The SMILES string of the molecule is CN(C(=O)C1CCOCC1)[C@@H]1CCC[C@@H](N2CCOCC2)[C@@H]1O. The number of likely N-dealkylation sites (N-methyl/N-ethyl adjacent to an activating group) is 1. The number of hydrogen-bond donors (Lipinski definition) is 1. The van der Waals surface area contributed by atoms with Crippen LogP contribution in [0.2, 0.25) is 0 Å². The summed E-state index contributed by atoms with van der Waals surface area (Å²) in [6.07, 6.45) is 4.12. The van der Waals surface area contributed by atoms with E-state index >= 15 is 0 Å². The molecule has 132 valence electrons. The van der Waals surface area contributed by atoms with E-state index in [1.165, 1.54) is 0 Å². The first kappa shape index (κ1) is 17.1. The van der Waals surface area contributed by atoms with E-state index in [1.54, 1.807) is 0 Å². The van der Waals surface area contributed by atoms with Crippen LogP contribution in [0.3, 0.4) is 0 Å². The Balaban J connectivity index is 1.62. The molecule has 0 unspecified atom stereocenters. The van der Waals surface area contributed by atoms with Crippen LogP contribution in [0.1, 0.15) is 32.1 Å². The second-order valence-electron chi connectivity index (χ2n) is 7.04. The lowest BCUT2D eigenvalue weighted by Gasteiger charge is -2.46. The molecule has 1 saturated carbocycles. The summed E-state index contributed by atoms with van der Waals surface area (Å²) in [4.78, 5) is 16.9. The molecule has 2 heterocycles. The summed E-state index contributed by atoms with van der Waals surface area (Å²) in [5, 5.41) is 10.9. The van der Waals surface area contributed by atoms with E-state index in [-0.39, 0.29) is 23.9 Å². The van der Waals surface area contributed by atoms with Gasteiger partial charge in [0.05, 0.1) is 25.4 Å². The first-order valence-corrected chi connectivity index (χ1v) is 9.03. The molecule has 0 bridgehead atoms. The van der Waals surface area contributed by atoms with Crippen LogP contribution >= 0.6 is 0 Å². The van der Waals surface area contributed by atoms with Gasteiger partial charge in [-0.15, -0.1) is 0 Å². The van der Waals surface area contributed by atoms with E-state index in [4.69, 9.17) is 9.47 Å². The fourth-order valence-corrected chi connectivity index (χ4v) is 4.26. The van der Waals surface area contributed by atoms with Crippen LogP contribution in [0.5, 0.6) is 0 Å². The Labute approximate surface area is 138 Å². The minimum Gasteiger partial charge on any atom is -0.389 e. The van der Waals surface area contributed by atoms with Crippen molar-refractivity contribution in [1.82, 2.24) is 9.80 Å². The van der Waals surface area contributed by atoms with Crippen molar-refractivity contribution >= 4 is 5.91 Å². The average Bonchev–Trinajstić information content (AvgIpc) is 2.62. The normalized spacial score (nSPS) is 34.3. The van der Waals surface area contributed by atoms with Crippen LogP contribution in [0, 0.1) is 5.92 Å². The molecule has 2 saturated heterocycles. The lowest BCUT2D eigenvalue weighted by atomic mass is 9.85. The predicted molar refractivity (Wildman–Crippen MR) is 86.1 cm³/mol. The molecule has 3 aliphatic rings. The highest BCUT2D eigenvalue weighted by molar-refractivity contribution is 5.79. The number of ether oxygens (including phenoxy) is 2. The number of aliphatic hydroxyl groups is 1. The van der Waals surface area contributed by atoms with Gasteiger partial charge in [0.15, 0.2) is 0 Å². The standard InChI is InChI=1S/C17H30N2O4/c1-18(17(21)13-5-9-22-10-6-13)14-3-2-4-15(16(14)20)19-7-11-23-12-8-19/h13-16,20H,2-12H2,1H3/t14-,15-,16-/m1/s1. The second kappa shape index (κ2) is 7.92. The summed E-state index contributed by atoms with van der Waals surface area (Å²) in [5.74, 6) is 0.240. The van der Waals surface area contributed by atoms with Crippen LogP contribution in [-0.2, 0) is 14.3 Å². The maximum absolute atomic E-state index is 12.8. The van der Waals surface area contributed by atoms with E-state index in [2.05, 4.69) is 4.90 Å². The molecule has 3 fully saturated rings. The van der Waals surface area contributed by atoms with Gasteiger partial charge < -0.3 is 19.5 Å². The van der Waals surface area contributed by atoms with Gasteiger partial charge in [-0.3, -0.25) is 9.69 Å². The highest BCUT2D eigenvalue weighted by Gasteiger charge is 2.40. The maximum Gasteiger partial charge on any atom is 0.225 e. The van der Waals surface area contributed by atoms with Gasteiger partial charge in [-0.2, -0.15) is 0 Å². The van der Waals surface area contributed by atoms with E-state index in [1.807, 2.05) is 11.9 Å². The number of morpholine rings is 1. The van der Waals surface area contributed by atoms with Gasteiger partial charge in [0.1, 0.15) is 0 Å². The van der Waals surface area contributed by atoms with Crippen molar-refractivity contribution in [3.63, 3.8) is 0 Å². The van der Waals surface area contributed by atoms with Crippen LogP contribution in [0.4, 0.5) is 0 Å². The van der Waals surface area contributed by atoms with E-state index in [0.717, 1.165) is 58.4 Å². The number of carbonyl (C=O) groups is 1. The summed E-state index contributed by atoms with van der Waals surface area (Å²) < 4.78 is 10.8. The van der Waals surface area contributed by atoms with Gasteiger partial charge in [0.25, 0.3) is 0 Å². The van der Waals surface area contributed by atoms with Crippen molar-refractivity contribution < 1.29 is 19.4 Å². The number of rotatable bonds is 3. The van der Waals surface area contributed by atoms with Gasteiger partial charge in [-0.25, -0.2) is 0 Å². The highest BCUT2D eigenvalue weighted by Crippen LogP contribution is 2.29. The molecule has 6 heteroatoms. The van der Waals surface area contributed by atoms with Gasteiger partial charge in [-0.05, 0) is 32.1 Å². The maximum atomic E-state index is 12.8. The third kappa shape index (κ3) is 3.87. The monoisotopic (exact) mass is 326 g/mol. The second-order valence-corrected chi connectivity index (χ2v) is 7.04. The van der Waals surface area contributed by atoms with E-state index in [0.29, 0.717) is 13.2 Å². The zero-order valence-corrected chi connectivity index (χ0v) is 14.2. The lowest BCUT2D eigenvalue weighted by Crippen LogP contribution is -2.59. The van der Waals surface area contributed by atoms with Gasteiger partial charge >= 0.3 is 0 Å². The molecule has 1 amide bonds. The van der Waals surface area contributed by atoms with Crippen molar-refractivity contribution in [3.8, 4) is 0 Å². The Kier molecular flexibility index (Phi) is 5.91. The molecule has 0 aromatic carbocycles. The summed E-state index contributed by atoms with van der Waals surface area (Å²) >= 11 is 0. The number of hydrogen-bond acceptors (Lipinski definition) is 5. The predicted octanol–water partition coefficient (Wildman–Crippen LogP) is 0.486. The van der Waals surface area contributed by atoms with E-state index < -0.39 is 6.10 Å². The molecular formula is C17H30N2O4. The molecule has 2 aliphatic heterocycles. The first-order valence-electron chi connectivity index (χ1n) is 9.03. The molecule has 0 spiro atoms. The Morgan fingerprint density at radius 1 is 1.04 bits per heavy atom. The van der Waals surface area contributed by atoms with Crippen molar-refractivity contribution in [2.24, 2.45) is 5.92 Å². The smallest absolute Gasteiger partial charge is 0.225 e. The average molecular weight is 326 g/mol. The van der Waals surface area contributed by atoms with Gasteiger partial charge in [0.2, 0.25) is 5.91 Å². The Morgan fingerprint density at radius 2 is 1.70 bits per heavy atom. The first-order chi connectivity index (χ1) is 11.2. The zero-order valence-electron chi connectivity index (χ0n) is 14.2. The fraction of sp³-hybridized carbons (Fsp3) is 0.941. The summed E-state index contributed by atoms with van der Waals surface area (Å²) in [6.45, 7) is 4.59. The van der Waals surface area contributed by atoms with E-state index in [9.17, 15) is 9.90 Å². The van der Waals surface area contributed by atoms with Gasteiger partial charge in [0, 0.05) is 45.3 Å². The third-order valence-corrected chi connectivity index (χ3v) is 5.72. The number of nitrogens with zero attached hydrogens (tertiary/aromatic N) is 2. The number of aliphatic hydroxyl groups excluding tert-OH is 1. The Hall–Kier alpha value is -0.690. The van der Waals surface area contributed by atoms with Crippen molar-refractivity contribution in [2.45, 2.75) is 50.3 Å². The van der Waals surface area contributed by atoms with Gasteiger partial charge in [-0.1, -0.05) is 0 Å². The summed E-state index contributed by atoms with van der Waals surface area (Å²) in [7, 11) is 1.87. The quantitative estimate of drug-likeness (QED) is 0.818. The topological polar surface area (TPSA) is 62.2 Å². The number of carbonyl (C=O) groups excluding carboxylic acids is 1. The molecule has 3 atom stereocenters. The molecule has 23 heavy (non-hydrogen) atoms. The Bertz CT molecular complexity index is 394. The highest BCUT2D eigenvalue weighted by atomic mass is 16.5. The Morgan fingerprint density at radius 3 is 2.39 bits per heavy atom. The lowest BCUT2D eigenvalue weighted by molar-refractivity contribution is -0.145. The molecule has 0 aromatic heterocycles.